The first-order chi connectivity index (χ1) is 7.99. The van der Waals surface area contributed by atoms with E-state index in [0.717, 1.165) is 11.4 Å². The van der Waals surface area contributed by atoms with Crippen LogP contribution in [-0.2, 0) is 0 Å². The van der Waals surface area contributed by atoms with Crippen molar-refractivity contribution in [2.75, 3.05) is 24.2 Å². The quantitative estimate of drug-likeness (QED) is 0.744. The van der Waals surface area contributed by atoms with Gasteiger partial charge in [-0.25, -0.2) is 0 Å². The minimum Gasteiger partial charge on any atom is -0.476 e. The molecular weight excluding hydrogens is 214 g/mol. The second-order valence-electron chi connectivity index (χ2n) is 4.61. The van der Waals surface area contributed by atoms with Gasteiger partial charge < -0.3 is 15.8 Å². The van der Waals surface area contributed by atoms with Crippen molar-refractivity contribution in [3.8, 4) is 5.88 Å². The molecule has 0 aliphatic carbocycles. The van der Waals surface area contributed by atoms with Crippen LogP contribution in [0, 0.1) is 5.92 Å². The Kier molecular flexibility index (Phi) is 4.82. The Morgan fingerprint density at radius 1 is 1.53 bits per heavy atom. The van der Waals surface area contributed by atoms with Crippen molar-refractivity contribution in [2.45, 2.75) is 20.8 Å². The number of nitrogens with zero attached hydrogens (tertiary/aromatic N) is 1. The molecule has 3 N–H and O–H groups in total. The van der Waals surface area contributed by atoms with Gasteiger partial charge in [-0.15, -0.1) is 0 Å². The third-order valence-electron chi connectivity index (χ3n) is 2.01. The first kappa shape index (κ1) is 13.4. The molecule has 1 aromatic rings. The molecular formula is C13H21N3O. The van der Waals surface area contributed by atoms with Crippen molar-refractivity contribution in [1.29, 1.82) is 0 Å². The summed E-state index contributed by atoms with van der Waals surface area (Å²) in [6.45, 7) is 11.3. The monoisotopic (exact) mass is 235 g/mol. The summed E-state index contributed by atoms with van der Waals surface area (Å²) in [5, 5.41) is 3.15. The summed E-state index contributed by atoms with van der Waals surface area (Å²) in [7, 11) is 0. The highest BCUT2D eigenvalue weighted by atomic mass is 16.5. The number of rotatable bonds is 6. The zero-order chi connectivity index (χ0) is 12.8. The maximum absolute atomic E-state index is 5.80. The molecule has 0 aliphatic heterocycles. The molecule has 0 saturated carbocycles. The summed E-state index contributed by atoms with van der Waals surface area (Å²) < 4.78 is 5.55. The molecule has 0 atom stereocenters. The highest BCUT2D eigenvalue weighted by Gasteiger charge is 2.05. The third kappa shape index (κ3) is 4.76. The fourth-order valence-corrected chi connectivity index (χ4v) is 1.15. The Morgan fingerprint density at radius 2 is 2.24 bits per heavy atom. The van der Waals surface area contributed by atoms with Crippen molar-refractivity contribution < 1.29 is 4.74 Å². The van der Waals surface area contributed by atoms with Crippen LogP contribution >= 0.6 is 0 Å². The number of nitrogens with one attached hydrogen (secondary N) is 1. The lowest BCUT2D eigenvalue weighted by molar-refractivity contribution is 0.263. The average Bonchev–Trinajstić information content (AvgIpc) is 2.26. The van der Waals surface area contributed by atoms with Gasteiger partial charge in [0, 0.05) is 6.54 Å². The predicted octanol–water partition coefficient (Wildman–Crippen LogP) is 2.69. The van der Waals surface area contributed by atoms with Crippen LogP contribution < -0.4 is 15.8 Å². The highest BCUT2D eigenvalue weighted by molar-refractivity contribution is 5.53. The minimum absolute atomic E-state index is 0.447. The average molecular weight is 235 g/mol. The summed E-state index contributed by atoms with van der Waals surface area (Å²) in [5.41, 5.74) is 7.41. The molecule has 0 amide bonds. The maximum atomic E-state index is 5.80. The van der Waals surface area contributed by atoms with Crippen molar-refractivity contribution >= 4 is 11.5 Å². The molecule has 0 aliphatic rings. The van der Waals surface area contributed by atoms with Crippen LogP contribution in [0.15, 0.2) is 24.3 Å². The van der Waals surface area contributed by atoms with Gasteiger partial charge in [0.2, 0.25) is 5.88 Å². The van der Waals surface area contributed by atoms with E-state index in [1.54, 1.807) is 6.07 Å². The molecule has 4 heteroatoms. The number of nitrogens with two attached hydrogens (primary N) is 1. The Bertz CT molecular complexity index is 388. The molecule has 0 unspecified atom stereocenters. The standard InChI is InChI=1S/C13H21N3O/c1-9(2)7-15-12-6-5-11(14)13(16-12)17-8-10(3)4/h5-6,10H,1,7-8,14H2,2-4H3,(H,15,16). The second-order valence-corrected chi connectivity index (χ2v) is 4.61. The van der Waals surface area contributed by atoms with E-state index < -0.39 is 0 Å². The van der Waals surface area contributed by atoms with Gasteiger partial charge in [0.05, 0.1) is 12.3 Å². The lowest BCUT2D eigenvalue weighted by Gasteiger charge is -2.12. The number of pyridine rings is 1. The number of hydrogen-bond donors (Lipinski definition) is 2. The van der Waals surface area contributed by atoms with Gasteiger partial charge in [-0.1, -0.05) is 26.0 Å². The molecule has 4 nitrogen and oxygen atoms in total. The van der Waals surface area contributed by atoms with E-state index in [4.69, 9.17) is 10.5 Å². The van der Waals surface area contributed by atoms with Crippen LogP contribution in [0.4, 0.5) is 11.5 Å². The first-order valence-electron chi connectivity index (χ1n) is 5.76. The summed E-state index contributed by atoms with van der Waals surface area (Å²) >= 11 is 0. The molecule has 1 heterocycles. The number of ether oxygens (including phenoxy) is 1. The number of anilines is 2. The normalized spacial score (nSPS) is 10.4. The molecule has 0 fully saturated rings. The Hall–Kier alpha value is -1.71. The topological polar surface area (TPSA) is 60.2 Å². The Morgan fingerprint density at radius 3 is 2.82 bits per heavy atom. The number of nitrogen functional groups attached to an aromatic ring is 1. The van der Waals surface area contributed by atoms with Crippen molar-refractivity contribution in [3.05, 3.63) is 24.3 Å². The Balaban J connectivity index is 2.68. The SMILES string of the molecule is C=C(C)CNc1ccc(N)c(OCC(C)C)n1. The largest absolute Gasteiger partial charge is 0.476 e. The minimum atomic E-state index is 0.447. The van der Waals surface area contributed by atoms with E-state index in [9.17, 15) is 0 Å². The van der Waals surface area contributed by atoms with E-state index >= 15 is 0 Å². The molecule has 1 rings (SSSR count). The zero-order valence-corrected chi connectivity index (χ0v) is 10.8. The summed E-state index contributed by atoms with van der Waals surface area (Å²) in [4.78, 5) is 4.32. The van der Waals surface area contributed by atoms with E-state index in [1.807, 2.05) is 13.0 Å². The van der Waals surface area contributed by atoms with Gasteiger partial charge in [0.1, 0.15) is 5.82 Å². The predicted molar refractivity (Wildman–Crippen MR) is 72.3 cm³/mol. The van der Waals surface area contributed by atoms with E-state index in [1.165, 1.54) is 0 Å². The first-order valence-corrected chi connectivity index (χ1v) is 5.76. The molecule has 17 heavy (non-hydrogen) atoms. The lowest BCUT2D eigenvalue weighted by atomic mass is 10.2. The summed E-state index contributed by atoms with van der Waals surface area (Å²) in [6, 6.07) is 3.63. The van der Waals surface area contributed by atoms with Gasteiger partial charge in [-0.05, 0) is 25.0 Å². The van der Waals surface area contributed by atoms with Crippen LogP contribution in [0.1, 0.15) is 20.8 Å². The van der Waals surface area contributed by atoms with Gasteiger partial charge >= 0.3 is 0 Å². The summed E-state index contributed by atoms with van der Waals surface area (Å²) in [6.07, 6.45) is 0. The molecule has 1 aromatic heterocycles. The molecule has 0 radical (unpaired) electrons. The summed E-state index contributed by atoms with van der Waals surface area (Å²) in [5.74, 6) is 1.69. The van der Waals surface area contributed by atoms with Gasteiger partial charge in [0.15, 0.2) is 0 Å². The van der Waals surface area contributed by atoms with E-state index in [2.05, 4.69) is 30.7 Å². The van der Waals surface area contributed by atoms with Crippen LogP contribution in [0.2, 0.25) is 0 Å². The van der Waals surface area contributed by atoms with Crippen LogP contribution in [0.25, 0.3) is 0 Å². The third-order valence-corrected chi connectivity index (χ3v) is 2.01. The fraction of sp³-hybridized carbons (Fsp3) is 0.462. The van der Waals surface area contributed by atoms with Crippen molar-refractivity contribution in [2.24, 2.45) is 5.92 Å². The number of aromatic nitrogens is 1. The van der Waals surface area contributed by atoms with Gasteiger partial charge in [-0.2, -0.15) is 4.98 Å². The smallest absolute Gasteiger partial charge is 0.239 e. The van der Waals surface area contributed by atoms with Crippen molar-refractivity contribution in [1.82, 2.24) is 4.98 Å². The second kappa shape index (κ2) is 6.13. The van der Waals surface area contributed by atoms with Gasteiger partial charge in [0.25, 0.3) is 0 Å². The van der Waals surface area contributed by atoms with Crippen LogP contribution in [0.5, 0.6) is 5.88 Å². The van der Waals surface area contributed by atoms with Crippen LogP contribution in [0.3, 0.4) is 0 Å². The molecule has 0 aromatic carbocycles. The molecule has 0 bridgehead atoms. The van der Waals surface area contributed by atoms with Crippen molar-refractivity contribution in [3.63, 3.8) is 0 Å². The molecule has 0 spiro atoms. The van der Waals surface area contributed by atoms with E-state index in [-0.39, 0.29) is 0 Å². The highest BCUT2D eigenvalue weighted by Crippen LogP contribution is 2.21. The molecule has 0 saturated heterocycles. The Labute approximate surface area is 103 Å². The fourth-order valence-electron chi connectivity index (χ4n) is 1.15. The van der Waals surface area contributed by atoms with Crippen LogP contribution in [-0.4, -0.2) is 18.1 Å². The van der Waals surface area contributed by atoms with E-state index in [0.29, 0.717) is 30.6 Å². The lowest BCUT2D eigenvalue weighted by Crippen LogP contribution is -2.09. The zero-order valence-electron chi connectivity index (χ0n) is 10.8. The maximum Gasteiger partial charge on any atom is 0.239 e. The molecule has 94 valence electrons. The number of hydrogen-bond acceptors (Lipinski definition) is 4. The van der Waals surface area contributed by atoms with Gasteiger partial charge in [-0.3, -0.25) is 0 Å².